The lowest BCUT2D eigenvalue weighted by Gasteiger charge is -2.38. The van der Waals surface area contributed by atoms with Crippen molar-refractivity contribution in [2.24, 2.45) is 21.5 Å². The number of rotatable bonds is 9. The summed E-state index contributed by atoms with van der Waals surface area (Å²) in [5, 5.41) is 13.5. The Bertz CT molecular complexity index is 1350. The van der Waals surface area contributed by atoms with E-state index in [4.69, 9.17) is 34.7 Å². The van der Waals surface area contributed by atoms with Gasteiger partial charge in [0.2, 0.25) is 41.0 Å². The number of nitrogens with one attached hydrogen (secondary N) is 4. The van der Waals surface area contributed by atoms with Crippen LogP contribution in [0.2, 0.25) is 10.3 Å². The lowest BCUT2D eigenvalue weighted by molar-refractivity contribution is 0.534. The highest BCUT2D eigenvalue weighted by Crippen LogP contribution is 2.28. The molecule has 0 fully saturated rings. The number of hydrogen-bond acceptors (Lipinski definition) is 16. The second-order valence-corrected chi connectivity index (χ2v) is 11.1. The van der Waals surface area contributed by atoms with Gasteiger partial charge >= 0.3 is 0 Å². The molecule has 0 radical (unpaired) electrons. The van der Waals surface area contributed by atoms with Crippen molar-refractivity contribution in [3.05, 3.63) is 34.6 Å². The molecule has 1 aromatic carbocycles. The Balaban J connectivity index is 0.000000233. The van der Waals surface area contributed by atoms with Crippen LogP contribution in [-0.2, 0) is 0 Å². The number of benzene rings is 1. The Morgan fingerprint density at radius 3 is 1.89 bits per heavy atom. The van der Waals surface area contributed by atoms with E-state index < -0.39 is 5.66 Å². The van der Waals surface area contributed by atoms with Gasteiger partial charge in [0.05, 0.1) is 0 Å². The van der Waals surface area contributed by atoms with E-state index in [1.54, 1.807) is 24.1 Å². The predicted octanol–water partition coefficient (Wildman–Crippen LogP) is 4.37. The summed E-state index contributed by atoms with van der Waals surface area (Å²) < 4.78 is 0. The molecule has 18 heteroatoms. The molecule has 3 aromatic rings. The zero-order valence-electron chi connectivity index (χ0n) is 26.1. The summed E-state index contributed by atoms with van der Waals surface area (Å²) in [5.41, 5.74) is 11.8. The fourth-order valence-electron chi connectivity index (χ4n) is 3.55. The first kappa shape index (κ1) is 36.3. The summed E-state index contributed by atoms with van der Waals surface area (Å²) in [4.78, 5) is 34.5. The maximum atomic E-state index is 5.90. The summed E-state index contributed by atoms with van der Waals surface area (Å²) in [6.07, 6.45) is 1.94. The number of guanidine groups is 2. The predicted molar refractivity (Wildman–Crippen MR) is 184 cm³/mol. The van der Waals surface area contributed by atoms with Gasteiger partial charge in [0.25, 0.3) is 0 Å². The number of anilines is 5. The van der Waals surface area contributed by atoms with Crippen LogP contribution in [0.25, 0.3) is 0 Å². The summed E-state index contributed by atoms with van der Waals surface area (Å²) >= 11 is 13.0. The average molecular weight is 667 g/mol. The first-order valence-corrected chi connectivity index (χ1v) is 15.7. The van der Waals surface area contributed by atoms with Crippen molar-refractivity contribution in [3.63, 3.8) is 0 Å². The van der Waals surface area contributed by atoms with Crippen LogP contribution in [0, 0.1) is 0 Å². The van der Waals surface area contributed by atoms with E-state index in [9.17, 15) is 0 Å². The van der Waals surface area contributed by atoms with Crippen LogP contribution < -0.4 is 37.6 Å². The molecule has 15 nitrogen and oxygen atoms in total. The molecule has 44 heavy (non-hydrogen) atoms. The molecule has 0 spiro atoms. The van der Waals surface area contributed by atoms with Crippen molar-refractivity contribution in [1.29, 1.82) is 0 Å². The third-order valence-corrected chi connectivity index (χ3v) is 6.16. The molecular formula is C26H41Cl2N15S. The molecule has 1 aliphatic rings. The van der Waals surface area contributed by atoms with Crippen LogP contribution in [0.3, 0.4) is 0 Å². The Morgan fingerprint density at radius 2 is 1.41 bits per heavy atom. The summed E-state index contributed by atoms with van der Waals surface area (Å²) in [5.74, 6) is 2.72. The number of hydrogen-bond donors (Lipinski definition) is 6. The topological polar surface area (TPSA) is 205 Å². The second-order valence-electron chi connectivity index (χ2n) is 9.58. The van der Waals surface area contributed by atoms with Gasteiger partial charge in [0, 0.05) is 36.9 Å². The number of aromatic nitrogens is 6. The average Bonchev–Trinajstić information content (AvgIpc) is 2.93. The molecule has 8 N–H and O–H groups in total. The van der Waals surface area contributed by atoms with Crippen molar-refractivity contribution in [3.8, 4) is 0 Å². The zero-order chi connectivity index (χ0) is 32.9. The molecule has 3 heterocycles. The zero-order valence-corrected chi connectivity index (χ0v) is 28.5. The minimum atomic E-state index is -0.566. The minimum Gasteiger partial charge on any atom is -0.369 e. The lowest BCUT2D eigenvalue weighted by atomic mass is 10.1. The van der Waals surface area contributed by atoms with E-state index in [-0.39, 0.29) is 11.2 Å². The molecule has 240 valence electrons. The van der Waals surface area contributed by atoms with Crippen LogP contribution >= 0.6 is 35.0 Å². The standard InChI is InChI=1S/C11H14ClN5.C8H15N5S.C7H12ClN5/c1-11(2)16-9(13)15-10(14)17(11)8-5-3-7(12)4-6-8;1-5(2)10-7-11-6(9-3)12-8(13-7)14-4;1-3-9-6-11-5(8)12-7(13-6)10-4-2/h3-6H,1-2H3,(H4,13,14,15,16);5H,1-4H3,(H2,9,10,11,12,13);3-4H2,1-2H3,(H2,9,10,11,12,13). The number of nitrogens with two attached hydrogens (primary N) is 2. The van der Waals surface area contributed by atoms with E-state index in [2.05, 4.69) is 61.2 Å². The fraction of sp³-hybridized carbons (Fsp3) is 0.462. The van der Waals surface area contributed by atoms with Crippen molar-refractivity contribution >= 4 is 76.4 Å². The van der Waals surface area contributed by atoms with Gasteiger partial charge in [-0.2, -0.15) is 34.9 Å². The maximum absolute atomic E-state index is 5.90. The van der Waals surface area contributed by atoms with E-state index in [1.807, 2.05) is 59.9 Å². The monoisotopic (exact) mass is 665 g/mol. The molecular weight excluding hydrogens is 625 g/mol. The van der Waals surface area contributed by atoms with Crippen LogP contribution in [0.5, 0.6) is 0 Å². The third-order valence-electron chi connectivity index (χ3n) is 5.20. The second kappa shape index (κ2) is 17.4. The normalized spacial score (nSPS) is 13.4. The summed E-state index contributed by atoms with van der Waals surface area (Å²) in [6, 6.07) is 7.63. The first-order valence-electron chi connectivity index (χ1n) is 13.7. The van der Waals surface area contributed by atoms with Crippen LogP contribution in [0.15, 0.2) is 39.4 Å². The molecule has 0 bridgehead atoms. The van der Waals surface area contributed by atoms with Gasteiger partial charge < -0.3 is 32.7 Å². The molecule has 0 saturated carbocycles. The largest absolute Gasteiger partial charge is 0.369 e. The first-order chi connectivity index (χ1) is 20.8. The van der Waals surface area contributed by atoms with Crippen LogP contribution in [-0.4, -0.2) is 79.9 Å². The van der Waals surface area contributed by atoms with E-state index >= 15 is 0 Å². The number of thioether (sulfide) groups is 1. The molecule has 4 rings (SSSR count). The molecule has 1 aliphatic heterocycles. The number of halogens is 2. The Hall–Kier alpha value is -3.89. The van der Waals surface area contributed by atoms with E-state index in [0.717, 1.165) is 18.8 Å². The fourth-order valence-corrected chi connectivity index (χ4v) is 4.19. The molecule has 2 aromatic heterocycles. The smallest absolute Gasteiger partial charge is 0.228 e. The Labute approximate surface area is 272 Å². The van der Waals surface area contributed by atoms with Gasteiger partial charge in [0.15, 0.2) is 5.16 Å². The summed E-state index contributed by atoms with van der Waals surface area (Å²) in [7, 11) is 1.79. The van der Waals surface area contributed by atoms with Gasteiger partial charge in [-0.1, -0.05) is 23.4 Å². The quantitative estimate of drug-likeness (QED) is 0.176. The summed E-state index contributed by atoms with van der Waals surface area (Å²) in [6.45, 7) is 13.3. The molecule has 0 aliphatic carbocycles. The van der Waals surface area contributed by atoms with Gasteiger partial charge in [0.1, 0.15) is 5.66 Å². The number of nitrogens with zero attached hydrogens (tertiary/aromatic N) is 9. The van der Waals surface area contributed by atoms with Crippen molar-refractivity contribution in [1.82, 2.24) is 29.9 Å². The maximum Gasteiger partial charge on any atom is 0.228 e. The molecule has 0 unspecified atom stereocenters. The SMILES string of the molecule is CC1(C)N=C(N)N=C(N)N1c1ccc(Cl)cc1.CCNc1nc(Cl)nc(NCC)n1.CNc1nc(NC(C)C)nc(SC)n1. The highest BCUT2D eigenvalue weighted by molar-refractivity contribution is 7.98. The van der Waals surface area contributed by atoms with Crippen molar-refractivity contribution in [2.45, 2.75) is 58.4 Å². The minimum absolute atomic E-state index is 0.192. The van der Waals surface area contributed by atoms with Gasteiger partial charge in [-0.3, -0.25) is 4.90 Å². The van der Waals surface area contributed by atoms with Crippen molar-refractivity contribution < 1.29 is 0 Å². The highest BCUT2D eigenvalue weighted by atomic mass is 35.5. The van der Waals surface area contributed by atoms with Gasteiger partial charge in [-0.15, -0.1) is 0 Å². The number of aliphatic imine (C=N–C) groups is 2. The molecule has 0 saturated heterocycles. The van der Waals surface area contributed by atoms with Crippen molar-refractivity contribution in [2.75, 3.05) is 52.6 Å². The molecule has 0 atom stereocenters. The third kappa shape index (κ3) is 11.7. The highest BCUT2D eigenvalue weighted by Gasteiger charge is 2.32. The van der Waals surface area contributed by atoms with Crippen LogP contribution in [0.4, 0.5) is 29.5 Å². The molecule has 0 amide bonds. The Morgan fingerprint density at radius 1 is 0.864 bits per heavy atom. The Kier molecular flexibility index (Phi) is 14.4. The lowest BCUT2D eigenvalue weighted by Crippen LogP contribution is -2.54. The van der Waals surface area contributed by atoms with E-state index in [0.29, 0.717) is 46.0 Å². The van der Waals surface area contributed by atoms with Gasteiger partial charge in [-0.05, 0) is 83.7 Å². The van der Waals surface area contributed by atoms with E-state index in [1.165, 1.54) is 11.8 Å². The van der Waals surface area contributed by atoms with Gasteiger partial charge in [-0.25, -0.2) is 4.99 Å². The van der Waals surface area contributed by atoms with Crippen LogP contribution in [0.1, 0.15) is 41.5 Å².